The van der Waals surface area contributed by atoms with Crippen molar-refractivity contribution in [3.8, 4) is 23.0 Å². The van der Waals surface area contributed by atoms with Gasteiger partial charge in [0.15, 0.2) is 0 Å². The summed E-state index contributed by atoms with van der Waals surface area (Å²) in [6.07, 6.45) is 0. The van der Waals surface area contributed by atoms with Gasteiger partial charge in [0.1, 0.15) is 5.75 Å². The quantitative estimate of drug-likeness (QED) is 0.696. The zero-order valence-electron chi connectivity index (χ0n) is 11.0. The fourth-order valence-electron chi connectivity index (χ4n) is 2.05. The molecule has 2 rings (SSSR count). The van der Waals surface area contributed by atoms with Crippen molar-refractivity contribution in [2.75, 3.05) is 0 Å². The van der Waals surface area contributed by atoms with Crippen molar-refractivity contribution in [1.29, 1.82) is 0 Å². The van der Waals surface area contributed by atoms with Crippen LogP contribution in [0.2, 0.25) is 0 Å². The largest absolute Gasteiger partial charge is 0.285 e. The van der Waals surface area contributed by atoms with E-state index in [2.05, 4.69) is 11.8 Å². The molecule has 102 valence electrons. The summed E-state index contributed by atoms with van der Waals surface area (Å²) in [5.41, 5.74) is 2.96. The Kier molecular flexibility index (Phi) is 4.23. The fourth-order valence-corrected chi connectivity index (χ4v) is 2.68. The van der Waals surface area contributed by atoms with Gasteiger partial charge in [-0.2, -0.15) is 8.42 Å². The molecule has 0 bridgehead atoms. The van der Waals surface area contributed by atoms with Crippen LogP contribution in [-0.2, 0) is 15.9 Å². The minimum absolute atomic E-state index is 0.433. The van der Waals surface area contributed by atoms with Gasteiger partial charge in [0.05, 0.1) is 0 Å². The van der Waals surface area contributed by atoms with E-state index in [9.17, 15) is 8.42 Å². The molecule has 0 fully saturated rings. The molecule has 0 heterocycles. The normalized spacial score (nSPS) is 10.7. The Morgan fingerprint density at radius 3 is 2.35 bits per heavy atom. The molecule has 0 aliphatic heterocycles. The maximum atomic E-state index is 11.1. The van der Waals surface area contributed by atoms with Gasteiger partial charge in [0, 0.05) is 5.56 Å². The van der Waals surface area contributed by atoms with Crippen LogP contribution in [0.5, 0.6) is 0 Å². The third kappa shape index (κ3) is 3.47. The Hall–Kier alpha value is -2.09. The van der Waals surface area contributed by atoms with Crippen molar-refractivity contribution >= 4 is 10.1 Å². The molecule has 0 spiro atoms. The molecule has 3 nitrogen and oxygen atoms in total. The fraction of sp³-hybridized carbons (Fsp3) is 0.125. The molecule has 0 aromatic heterocycles. The van der Waals surface area contributed by atoms with Crippen molar-refractivity contribution in [3.63, 3.8) is 0 Å². The lowest BCUT2D eigenvalue weighted by molar-refractivity contribution is 0.482. The van der Waals surface area contributed by atoms with Gasteiger partial charge in [-0.05, 0) is 23.6 Å². The predicted molar refractivity (Wildman–Crippen MR) is 79.7 cm³/mol. The third-order valence-corrected chi connectivity index (χ3v) is 3.50. The van der Waals surface area contributed by atoms with Crippen molar-refractivity contribution in [2.45, 2.75) is 12.7 Å². The second-order valence-electron chi connectivity index (χ2n) is 4.31. The lowest BCUT2D eigenvalue weighted by atomic mass is 9.96. The van der Waals surface area contributed by atoms with E-state index in [0.29, 0.717) is 11.1 Å². The number of hydrogen-bond acceptors (Lipinski definition) is 2. The van der Waals surface area contributed by atoms with E-state index in [4.69, 9.17) is 4.55 Å². The zero-order chi connectivity index (χ0) is 14.6. The van der Waals surface area contributed by atoms with Crippen LogP contribution in [0.25, 0.3) is 11.1 Å². The lowest BCUT2D eigenvalue weighted by Crippen LogP contribution is -2.04. The molecule has 0 amide bonds. The van der Waals surface area contributed by atoms with Crippen LogP contribution < -0.4 is 0 Å². The average Bonchev–Trinajstić information content (AvgIpc) is 2.40. The SMILES string of the molecule is CC#Cc1c(CS(=O)(=O)O)cccc1-c1ccccc1. The number of benzene rings is 2. The minimum atomic E-state index is -4.08. The average molecular weight is 286 g/mol. The molecule has 4 heteroatoms. The smallest absolute Gasteiger partial charge is 0.269 e. The van der Waals surface area contributed by atoms with Gasteiger partial charge in [-0.25, -0.2) is 0 Å². The summed E-state index contributed by atoms with van der Waals surface area (Å²) in [4.78, 5) is 0. The second kappa shape index (κ2) is 5.91. The molecule has 0 aliphatic carbocycles. The first-order chi connectivity index (χ1) is 9.51. The molecular weight excluding hydrogens is 272 g/mol. The monoisotopic (exact) mass is 286 g/mol. The minimum Gasteiger partial charge on any atom is -0.285 e. The first-order valence-electron chi connectivity index (χ1n) is 6.06. The third-order valence-electron chi connectivity index (χ3n) is 2.82. The van der Waals surface area contributed by atoms with Gasteiger partial charge >= 0.3 is 0 Å². The summed E-state index contributed by atoms with van der Waals surface area (Å²) in [7, 11) is -4.08. The van der Waals surface area contributed by atoms with Crippen LogP contribution in [0.3, 0.4) is 0 Å². The molecule has 1 N–H and O–H groups in total. The first-order valence-corrected chi connectivity index (χ1v) is 7.67. The molecule has 0 unspecified atom stereocenters. The number of rotatable bonds is 3. The van der Waals surface area contributed by atoms with E-state index in [-0.39, 0.29) is 0 Å². The van der Waals surface area contributed by atoms with E-state index in [1.807, 2.05) is 36.4 Å². The molecule has 20 heavy (non-hydrogen) atoms. The molecule has 0 saturated carbocycles. The molecule has 0 radical (unpaired) electrons. The van der Waals surface area contributed by atoms with Gasteiger partial charge in [-0.3, -0.25) is 4.55 Å². The summed E-state index contributed by atoms with van der Waals surface area (Å²) in [5.74, 6) is 5.30. The second-order valence-corrected chi connectivity index (χ2v) is 5.76. The van der Waals surface area contributed by atoms with Gasteiger partial charge < -0.3 is 0 Å². The van der Waals surface area contributed by atoms with Gasteiger partial charge in [0.25, 0.3) is 10.1 Å². The van der Waals surface area contributed by atoms with Crippen LogP contribution >= 0.6 is 0 Å². The maximum absolute atomic E-state index is 11.1. The van der Waals surface area contributed by atoms with E-state index >= 15 is 0 Å². The van der Waals surface area contributed by atoms with Crippen molar-refractivity contribution in [1.82, 2.24) is 0 Å². The molecule has 0 saturated heterocycles. The van der Waals surface area contributed by atoms with Crippen molar-refractivity contribution in [2.24, 2.45) is 0 Å². The topological polar surface area (TPSA) is 54.4 Å². The Morgan fingerprint density at radius 2 is 1.75 bits per heavy atom. The zero-order valence-corrected chi connectivity index (χ0v) is 11.8. The predicted octanol–water partition coefficient (Wildman–Crippen LogP) is 3.11. The Morgan fingerprint density at radius 1 is 1.05 bits per heavy atom. The molecule has 0 atom stereocenters. The van der Waals surface area contributed by atoms with Gasteiger partial charge in [-0.15, -0.1) is 5.92 Å². The standard InChI is InChI=1S/C16H14O3S/c1-2-7-15-14(12-20(17,18)19)10-6-11-16(15)13-8-4-3-5-9-13/h3-6,8-11H,12H2,1H3,(H,17,18,19). The van der Waals surface area contributed by atoms with Crippen LogP contribution in [-0.4, -0.2) is 13.0 Å². The van der Waals surface area contributed by atoms with Gasteiger partial charge in [0.2, 0.25) is 0 Å². The van der Waals surface area contributed by atoms with Gasteiger partial charge in [-0.1, -0.05) is 54.5 Å². The maximum Gasteiger partial charge on any atom is 0.269 e. The summed E-state index contributed by atoms with van der Waals surface area (Å²) >= 11 is 0. The van der Waals surface area contributed by atoms with E-state index in [1.54, 1.807) is 19.1 Å². The highest BCUT2D eigenvalue weighted by Crippen LogP contribution is 2.26. The summed E-state index contributed by atoms with van der Waals surface area (Å²) < 4.78 is 31.3. The Balaban J connectivity index is 2.63. The molecular formula is C16H14O3S. The molecule has 2 aromatic rings. The van der Waals surface area contributed by atoms with E-state index in [0.717, 1.165) is 11.1 Å². The Labute approximate surface area is 119 Å². The highest BCUT2D eigenvalue weighted by Gasteiger charge is 2.13. The Bertz CT molecular complexity index is 766. The van der Waals surface area contributed by atoms with Crippen LogP contribution in [0, 0.1) is 11.8 Å². The molecule has 2 aromatic carbocycles. The first kappa shape index (κ1) is 14.3. The van der Waals surface area contributed by atoms with Crippen LogP contribution in [0.4, 0.5) is 0 Å². The van der Waals surface area contributed by atoms with Crippen molar-refractivity contribution in [3.05, 3.63) is 59.7 Å². The highest BCUT2D eigenvalue weighted by atomic mass is 32.2. The lowest BCUT2D eigenvalue weighted by Gasteiger charge is -2.09. The van der Waals surface area contributed by atoms with E-state index < -0.39 is 15.9 Å². The van der Waals surface area contributed by atoms with Crippen LogP contribution in [0.1, 0.15) is 18.1 Å². The van der Waals surface area contributed by atoms with Crippen LogP contribution in [0.15, 0.2) is 48.5 Å². The highest BCUT2D eigenvalue weighted by molar-refractivity contribution is 7.85. The summed E-state index contributed by atoms with van der Waals surface area (Å²) in [6, 6.07) is 14.9. The number of hydrogen-bond donors (Lipinski definition) is 1. The molecule has 0 aliphatic rings. The van der Waals surface area contributed by atoms with E-state index in [1.165, 1.54) is 0 Å². The summed E-state index contributed by atoms with van der Waals surface area (Å²) in [6.45, 7) is 1.69. The summed E-state index contributed by atoms with van der Waals surface area (Å²) in [5, 5.41) is 0. The van der Waals surface area contributed by atoms with Crippen molar-refractivity contribution < 1.29 is 13.0 Å².